The number of fused-ring (bicyclic) bond motifs is 1. The Hall–Kier alpha value is -1.16. The lowest BCUT2D eigenvalue weighted by Crippen LogP contribution is -2.00. The highest BCUT2D eigenvalue weighted by atomic mass is 32.1. The molecule has 2 heterocycles. The van der Waals surface area contributed by atoms with Gasteiger partial charge in [0.25, 0.3) is 0 Å². The van der Waals surface area contributed by atoms with Crippen LogP contribution in [0.2, 0.25) is 0 Å². The van der Waals surface area contributed by atoms with Gasteiger partial charge >= 0.3 is 0 Å². The number of aliphatic hydroxyl groups excluding tert-OH is 1. The van der Waals surface area contributed by atoms with Gasteiger partial charge in [0.15, 0.2) is 0 Å². The van der Waals surface area contributed by atoms with Crippen molar-refractivity contribution in [3.8, 4) is 0 Å². The minimum Gasteiger partial charge on any atom is -0.388 e. The molecular weight excluding hydrogens is 248 g/mol. The second-order valence-electron chi connectivity index (χ2n) is 3.99. The molecule has 1 aromatic carbocycles. The van der Waals surface area contributed by atoms with Crippen LogP contribution in [0.5, 0.6) is 0 Å². The lowest BCUT2D eigenvalue weighted by atomic mass is 10.0. The number of thiophene rings is 2. The molecule has 0 radical (unpaired) electrons. The van der Waals surface area contributed by atoms with E-state index in [2.05, 4.69) is 23.6 Å². The summed E-state index contributed by atoms with van der Waals surface area (Å²) < 4.78 is 1.21. The van der Waals surface area contributed by atoms with Crippen molar-refractivity contribution in [1.29, 1.82) is 0 Å². The fourth-order valence-electron chi connectivity index (χ4n) is 2.01. The number of benzene rings is 1. The van der Waals surface area contributed by atoms with E-state index in [4.69, 9.17) is 0 Å². The predicted molar refractivity (Wildman–Crippen MR) is 74.8 cm³/mol. The highest BCUT2D eigenvalue weighted by molar-refractivity contribution is 7.17. The summed E-state index contributed by atoms with van der Waals surface area (Å²) >= 11 is 3.40. The van der Waals surface area contributed by atoms with Crippen LogP contribution in [0.1, 0.15) is 16.5 Å². The van der Waals surface area contributed by atoms with Gasteiger partial charge in [0.2, 0.25) is 0 Å². The van der Waals surface area contributed by atoms with Gasteiger partial charge in [-0.1, -0.05) is 24.3 Å². The number of aliphatic hydroxyl groups is 1. The largest absolute Gasteiger partial charge is 0.388 e. The van der Waals surface area contributed by atoms with E-state index in [-0.39, 0.29) is 0 Å². The second kappa shape index (κ2) is 4.61. The maximum absolute atomic E-state index is 10.3. The molecule has 1 nitrogen and oxygen atoms in total. The van der Waals surface area contributed by atoms with Crippen LogP contribution in [-0.2, 0) is 6.42 Å². The average molecular weight is 260 g/mol. The van der Waals surface area contributed by atoms with Crippen LogP contribution >= 0.6 is 22.7 Å². The van der Waals surface area contributed by atoms with E-state index in [1.807, 2.05) is 23.6 Å². The molecule has 0 aliphatic heterocycles. The van der Waals surface area contributed by atoms with E-state index >= 15 is 0 Å². The van der Waals surface area contributed by atoms with Crippen LogP contribution in [0, 0.1) is 0 Å². The smallest absolute Gasteiger partial charge is 0.0852 e. The summed E-state index contributed by atoms with van der Waals surface area (Å²) in [6.45, 7) is 0. The fraction of sp³-hybridized carbons (Fsp3) is 0.143. The summed E-state index contributed by atoms with van der Waals surface area (Å²) in [4.78, 5) is 1.23. The zero-order valence-electron chi connectivity index (χ0n) is 9.17. The average Bonchev–Trinajstić information content (AvgIpc) is 2.97. The van der Waals surface area contributed by atoms with E-state index < -0.39 is 6.10 Å². The Kier molecular flexibility index (Phi) is 2.97. The summed E-state index contributed by atoms with van der Waals surface area (Å²) in [5.74, 6) is 0. The molecule has 17 heavy (non-hydrogen) atoms. The van der Waals surface area contributed by atoms with Crippen LogP contribution in [0.3, 0.4) is 0 Å². The summed E-state index contributed by atoms with van der Waals surface area (Å²) in [5, 5.41) is 15.7. The minimum atomic E-state index is -0.406. The second-order valence-corrected chi connectivity index (χ2v) is 5.93. The van der Waals surface area contributed by atoms with E-state index in [1.165, 1.54) is 15.0 Å². The van der Waals surface area contributed by atoms with E-state index in [0.717, 1.165) is 5.56 Å². The normalized spacial score (nSPS) is 13.0. The van der Waals surface area contributed by atoms with Crippen molar-refractivity contribution in [3.05, 3.63) is 57.6 Å². The molecule has 0 spiro atoms. The van der Waals surface area contributed by atoms with Crippen molar-refractivity contribution in [2.24, 2.45) is 0 Å². The Labute approximate surface area is 108 Å². The maximum atomic E-state index is 10.3. The first-order chi connectivity index (χ1) is 8.34. The quantitative estimate of drug-likeness (QED) is 0.747. The van der Waals surface area contributed by atoms with E-state index in [9.17, 15) is 5.11 Å². The first-order valence-electron chi connectivity index (χ1n) is 5.51. The molecule has 0 aliphatic rings. The molecule has 86 valence electrons. The molecule has 3 rings (SSSR count). The minimum absolute atomic E-state index is 0.406. The first kappa shape index (κ1) is 11.0. The zero-order chi connectivity index (χ0) is 11.7. The Morgan fingerprint density at radius 1 is 1.00 bits per heavy atom. The molecule has 0 saturated carbocycles. The van der Waals surface area contributed by atoms with Gasteiger partial charge in [-0.25, -0.2) is 0 Å². The van der Waals surface area contributed by atoms with Crippen molar-refractivity contribution in [2.45, 2.75) is 12.5 Å². The standard InChI is InChI=1S/C14H12OS2/c15-13(9-11-4-2-7-16-11)12-5-1-3-10-6-8-17-14(10)12/h1-8,13,15H,9H2. The highest BCUT2D eigenvalue weighted by Gasteiger charge is 2.13. The molecule has 2 aromatic heterocycles. The van der Waals surface area contributed by atoms with Gasteiger partial charge < -0.3 is 5.11 Å². The molecule has 0 saturated heterocycles. The van der Waals surface area contributed by atoms with Crippen LogP contribution in [-0.4, -0.2) is 5.11 Å². The lowest BCUT2D eigenvalue weighted by Gasteiger charge is -2.10. The van der Waals surface area contributed by atoms with Crippen LogP contribution in [0.15, 0.2) is 47.2 Å². The summed E-state index contributed by atoms with van der Waals surface area (Å²) in [6.07, 6.45) is 0.297. The maximum Gasteiger partial charge on any atom is 0.0852 e. The summed E-state index contributed by atoms with van der Waals surface area (Å²) in [5.41, 5.74) is 1.05. The van der Waals surface area contributed by atoms with Crippen molar-refractivity contribution in [1.82, 2.24) is 0 Å². The molecule has 0 fully saturated rings. The van der Waals surface area contributed by atoms with Crippen molar-refractivity contribution in [3.63, 3.8) is 0 Å². The van der Waals surface area contributed by atoms with Gasteiger partial charge in [-0.05, 0) is 33.8 Å². The van der Waals surface area contributed by atoms with Gasteiger partial charge in [-0.15, -0.1) is 22.7 Å². The topological polar surface area (TPSA) is 20.2 Å². The van der Waals surface area contributed by atoms with Crippen molar-refractivity contribution >= 4 is 32.8 Å². The molecular formula is C14H12OS2. The highest BCUT2D eigenvalue weighted by Crippen LogP contribution is 2.31. The zero-order valence-corrected chi connectivity index (χ0v) is 10.8. The Bertz CT molecular complexity index is 610. The SMILES string of the molecule is OC(Cc1cccs1)c1cccc2ccsc12. The Morgan fingerprint density at radius 2 is 1.94 bits per heavy atom. The van der Waals surface area contributed by atoms with Crippen LogP contribution in [0.25, 0.3) is 10.1 Å². The van der Waals surface area contributed by atoms with E-state index in [0.29, 0.717) is 6.42 Å². The fourth-order valence-corrected chi connectivity index (χ4v) is 3.71. The van der Waals surface area contributed by atoms with Crippen molar-refractivity contribution in [2.75, 3.05) is 0 Å². The first-order valence-corrected chi connectivity index (χ1v) is 7.27. The van der Waals surface area contributed by atoms with Crippen LogP contribution < -0.4 is 0 Å². The van der Waals surface area contributed by atoms with Gasteiger partial charge in [-0.3, -0.25) is 0 Å². The Morgan fingerprint density at radius 3 is 2.76 bits per heavy atom. The third-order valence-corrected chi connectivity index (χ3v) is 4.72. The summed E-state index contributed by atoms with van der Waals surface area (Å²) in [7, 11) is 0. The van der Waals surface area contributed by atoms with E-state index in [1.54, 1.807) is 22.7 Å². The van der Waals surface area contributed by atoms with Gasteiger partial charge in [0, 0.05) is 16.0 Å². The third kappa shape index (κ3) is 2.14. The van der Waals surface area contributed by atoms with Gasteiger partial charge in [0.05, 0.1) is 6.10 Å². The third-order valence-electron chi connectivity index (χ3n) is 2.84. The number of rotatable bonds is 3. The lowest BCUT2D eigenvalue weighted by molar-refractivity contribution is 0.181. The molecule has 1 atom stereocenters. The Balaban J connectivity index is 1.95. The monoisotopic (exact) mass is 260 g/mol. The molecule has 0 bridgehead atoms. The molecule has 0 aliphatic carbocycles. The molecule has 0 amide bonds. The number of hydrogen-bond acceptors (Lipinski definition) is 3. The molecule has 1 N–H and O–H groups in total. The van der Waals surface area contributed by atoms with Crippen LogP contribution in [0.4, 0.5) is 0 Å². The summed E-state index contributed by atoms with van der Waals surface area (Å²) in [6, 6.07) is 12.3. The van der Waals surface area contributed by atoms with Crippen molar-refractivity contribution < 1.29 is 5.11 Å². The van der Waals surface area contributed by atoms with Gasteiger partial charge in [-0.2, -0.15) is 0 Å². The molecule has 3 aromatic rings. The van der Waals surface area contributed by atoms with Gasteiger partial charge in [0.1, 0.15) is 0 Å². The predicted octanol–water partition coefficient (Wildman–Crippen LogP) is 4.24. The molecule has 3 heteroatoms. The number of hydrogen-bond donors (Lipinski definition) is 1. The molecule has 1 unspecified atom stereocenters.